The summed E-state index contributed by atoms with van der Waals surface area (Å²) in [5.74, 6) is -0.481. The molecule has 10 heteroatoms. The third-order valence-corrected chi connectivity index (χ3v) is 8.54. The molecule has 0 aromatic heterocycles. The molecule has 1 aliphatic rings. The van der Waals surface area contributed by atoms with Crippen LogP contribution in [0.2, 0.25) is 0 Å². The second-order valence-electron chi connectivity index (χ2n) is 7.59. The van der Waals surface area contributed by atoms with Gasteiger partial charge < -0.3 is 5.32 Å². The SMILES string of the molecule is O=C(Nc1cccc(S(=O)(=O)N2CCCC2)c1)c1ccc(S(=O)(=O)Nc2ccccc2)cc1. The molecule has 3 aromatic carbocycles. The van der Waals surface area contributed by atoms with Gasteiger partial charge in [0.15, 0.2) is 0 Å². The summed E-state index contributed by atoms with van der Waals surface area (Å²) >= 11 is 0. The van der Waals surface area contributed by atoms with E-state index >= 15 is 0 Å². The molecular weight excluding hydrogens is 462 g/mol. The van der Waals surface area contributed by atoms with Crippen molar-refractivity contribution < 1.29 is 21.6 Å². The van der Waals surface area contributed by atoms with E-state index in [1.807, 2.05) is 0 Å². The van der Waals surface area contributed by atoms with Crippen LogP contribution in [0.3, 0.4) is 0 Å². The minimum absolute atomic E-state index is 0.0154. The van der Waals surface area contributed by atoms with Crippen LogP contribution in [0, 0.1) is 0 Å². The number of nitrogens with zero attached hydrogens (tertiary/aromatic N) is 1. The van der Waals surface area contributed by atoms with E-state index in [0.717, 1.165) is 12.8 Å². The largest absolute Gasteiger partial charge is 0.322 e. The van der Waals surface area contributed by atoms with Gasteiger partial charge in [0.05, 0.1) is 9.79 Å². The fourth-order valence-corrected chi connectivity index (χ4v) is 6.14. The zero-order chi connectivity index (χ0) is 23.5. The van der Waals surface area contributed by atoms with Crippen molar-refractivity contribution in [2.45, 2.75) is 22.6 Å². The van der Waals surface area contributed by atoms with Gasteiger partial charge in [0.1, 0.15) is 0 Å². The highest BCUT2D eigenvalue weighted by molar-refractivity contribution is 7.92. The first-order chi connectivity index (χ1) is 15.8. The minimum Gasteiger partial charge on any atom is -0.322 e. The molecule has 8 nitrogen and oxygen atoms in total. The first-order valence-electron chi connectivity index (χ1n) is 10.4. The van der Waals surface area contributed by atoms with Crippen LogP contribution in [0.15, 0.2) is 88.7 Å². The number of hydrogen-bond acceptors (Lipinski definition) is 5. The molecule has 0 saturated carbocycles. The number of rotatable bonds is 7. The van der Waals surface area contributed by atoms with E-state index in [0.29, 0.717) is 24.5 Å². The number of anilines is 2. The topological polar surface area (TPSA) is 113 Å². The standard InChI is InChI=1S/C23H23N3O5S2/c27-23(24-20-9-6-10-22(17-20)33(30,31)26-15-4-5-16-26)18-11-13-21(14-12-18)32(28,29)25-19-7-2-1-3-8-19/h1-3,6-14,17,25H,4-5,15-16H2,(H,24,27). The number of carbonyl (C=O) groups excluding carboxylic acids is 1. The molecule has 172 valence electrons. The first-order valence-corrected chi connectivity index (χ1v) is 13.3. The summed E-state index contributed by atoms with van der Waals surface area (Å²) in [7, 11) is -7.40. The molecule has 33 heavy (non-hydrogen) atoms. The van der Waals surface area contributed by atoms with Gasteiger partial charge in [-0.25, -0.2) is 16.8 Å². The molecule has 0 unspecified atom stereocenters. The van der Waals surface area contributed by atoms with Crippen molar-refractivity contribution in [3.8, 4) is 0 Å². The van der Waals surface area contributed by atoms with Gasteiger partial charge in [-0.05, 0) is 67.4 Å². The van der Waals surface area contributed by atoms with Gasteiger partial charge in [0.2, 0.25) is 10.0 Å². The van der Waals surface area contributed by atoms with Crippen molar-refractivity contribution >= 4 is 37.3 Å². The fraction of sp³-hybridized carbons (Fsp3) is 0.174. The predicted molar refractivity (Wildman–Crippen MR) is 126 cm³/mol. The van der Waals surface area contributed by atoms with Gasteiger partial charge in [-0.2, -0.15) is 4.31 Å². The van der Waals surface area contributed by atoms with Crippen molar-refractivity contribution in [2.75, 3.05) is 23.1 Å². The quantitative estimate of drug-likeness (QED) is 0.532. The summed E-state index contributed by atoms with van der Waals surface area (Å²) < 4.78 is 54.5. The maximum atomic E-state index is 12.8. The van der Waals surface area contributed by atoms with Crippen LogP contribution in [0.25, 0.3) is 0 Å². The summed E-state index contributed by atoms with van der Waals surface area (Å²) in [5.41, 5.74) is 1.01. The smallest absolute Gasteiger partial charge is 0.261 e. The van der Waals surface area contributed by atoms with E-state index in [4.69, 9.17) is 0 Å². The van der Waals surface area contributed by atoms with Crippen molar-refractivity contribution in [1.82, 2.24) is 4.31 Å². The van der Waals surface area contributed by atoms with Crippen molar-refractivity contribution in [2.24, 2.45) is 0 Å². The second kappa shape index (κ2) is 9.34. The van der Waals surface area contributed by atoms with Gasteiger partial charge in [0.25, 0.3) is 15.9 Å². The van der Waals surface area contributed by atoms with Crippen molar-refractivity contribution in [3.63, 3.8) is 0 Å². The van der Waals surface area contributed by atoms with E-state index in [2.05, 4.69) is 10.0 Å². The van der Waals surface area contributed by atoms with Gasteiger partial charge in [0, 0.05) is 30.0 Å². The maximum absolute atomic E-state index is 12.8. The molecular formula is C23H23N3O5S2. The van der Waals surface area contributed by atoms with Crippen molar-refractivity contribution in [1.29, 1.82) is 0 Å². The van der Waals surface area contributed by atoms with Crippen LogP contribution in [-0.2, 0) is 20.0 Å². The lowest BCUT2D eigenvalue weighted by atomic mass is 10.2. The summed E-state index contributed by atoms with van der Waals surface area (Å²) in [6.07, 6.45) is 1.67. The Morgan fingerprint density at radius 1 is 0.727 bits per heavy atom. The average molecular weight is 486 g/mol. The van der Waals surface area contributed by atoms with E-state index in [-0.39, 0.29) is 15.4 Å². The van der Waals surface area contributed by atoms with E-state index in [1.165, 1.54) is 40.7 Å². The molecule has 4 rings (SSSR count). The summed E-state index contributed by atoms with van der Waals surface area (Å²) in [6, 6.07) is 20.1. The van der Waals surface area contributed by atoms with E-state index < -0.39 is 26.0 Å². The van der Waals surface area contributed by atoms with Crippen LogP contribution >= 0.6 is 0 Å². The second-order valence-corrected chi connectivity index (χ2v) is 11.2. The predicted octanol–water partition coefficient (Wildman–Crippen LogP) is 3.52. The third-order valence-electron chi connectivity index (χ3n) is 5.25. The molecule has 1 amide bonds. The third kappa shape index (κ3) is 5.24. The van der Waals surface area contributed by atoms with Gasteiger partial charge in [-0.15, -0.1) is 0 Å². The highest BCUT2D eigenvalue weighted by Gasteiger charge is 2.27. The van der Waals surface area contributed by atoms with Crippen LogP contribution in [0.4, 0.5) is 11.4 Å². The Hall–Kier alpha value is -3.21. The monoisotopic (exact) mass is 485 g/mol. The van der Waals surface area contributed by atoms with E-state index in [9.17, 15) is 21.6 Å². The molecule has 0 bridgehead atoms. The Kier molecular flexibility index (Phi) is 6.50. The van der Waals surface area contributed by atoms with Crippen molar-refractivity contribution in [3.05, 3.63) is 84.4 Å². The molecule has 3 aromatic rings. The van der Waals surface area contributed by atoms with Crippen LogP contribution in [0.5, 0.6) is 0 Å². The van der Waals surface area contributed by atoms with Gasteiger partial charge in [-0.3, -0.25) is 9.52 Å². The van der Waals surface area contributed by atoms with E-state index in [1.54, 1.807) is 42.5 Å². The molecule has 0 atom stereocenters. The van der Waals surface area contributed by atoms with Crippen LogP contribution < -0.4 is 10.0 Å². The first kappa shape index (κ1) is 23.0. The Bertz CT molecular complexity index is 1350. The number of hydrogen-bond donors (Lipinski definition) is 2. The number of carbonyl (C=O) groups is 1. The molecule has 0 spiro atoms. The van der Waals surface area contributed by atoms with Crippen LogP contribution in [0.1, 0.15) is 23.2 Å². The maximum Gasteiger partial charge on any atom is 0.261 e. The highest BCUT2D eigenvalue weighted by atomic mass is 32.2. The lowest BCUT2D eigenvalue weighted by molar-refractivity contribution is 0.102. The molecule has 1 heterocycles. The molecule has 2 N–H and O–H groups in total. The molecule has 0 radical (unpaired) electrons. The number of sulfonamides is 2. The van der Waals surface area contributed by atoms with Gasteiger partial charge >= 0.3 is 0 Å². The zero-order valence-electron chi connectivity index (χ0n) is 17.6. The average Bonchev–Trinajstić information content (AvgIpc) is 3.36. The number of nitrogens with one attached hydrogen (secondary N) is 2. The number of para-hydroxylation sites is 1. The molecule has 1 aliphatic heterocycles. The lowest BCUT2D eigenvalue weighted by Crippen LogP contribution is -2.27. The molecule has 1 saturated heterocycles. The number of benzene rings is 3. The molecule has 1 fully saturated rings. The minimum atomic E-state index is -3.80. The highest BCUT2D eigenvalue weighted by Crippen LogP contribution is 2.23. The van der Waals surface area contributed by atoms with Crippen LogP contribution in [-0.4, -0.2) is 40.1 Å². The van der Waals surface area contributed by atoms with Gasteiger partial charge in [-0.1, -0.05) is 24.3 Å². The number of amides is 1. The zero-order valence-corrected chi connectivity index (χ0v) is 19.3. The summed E-state index contributed by atoms with van der Waals surface area (Å²) in [6.45, 7) is 0.987. The Labute approximate surface area is 193 Å². The fourth-order valence-electron chi connectivity index (χ4n) is 3.52. The Morgan fingerprint density at radius 2 is 1.36 bits per heavy atom. The summed E-state index contributed by atoms with van der Waals surface area (Å²) in [4.78, 5) is 12.8. The summed E-state index contributed by atoms with van der Waals surface area (Å²) in [5, 5.41) is 2.67. The Balaban J connectivity index is 1.47. The normalized spacial score (nSPS) is 14.7. The Morgan fingerprint density at radius 3 is 2.03 bits per heavy atom. The molecule has 0 aliphatic carbocycles. The lowest BCUT2D eigenvalue weighted by Gasteiger charge is -2.16.